The predicted octanol–water partition coefficient (Wildman–Crippen LogP) is 4.48. The third-order valence-electron chi connectivity index (χ3n) is 4.00. The lowest BCUT2D eigenvalue weighted by Crippen LogP contribution is -2.28. The van der Waals surface area contributed by atoms with Gasteiger partial charge in [-0.3, -0.25) is 9.55 Å². The number of nitrogens with zero attached hydrogens (tertiary/aromatic N) is 1. The molecule has 0 saturated carbocycles. The Labute approximate surface area is 147 Å². The Bertz CT molecular complexity index is 702. The molecule has 0 aromatic heterocycles. The largest absolute Gasteiger partial charge is 0.286 e. The summed E-state index contributed by atoms with van der Waals surface area (Å²) >= 11 is 5.90. The summed E-state index contributed by atoms with van der Waals surface area (Å²) in [6.45, 7) is 4.16. The first-order chi connectivity index (χ1) is 9.63. The number of rotatable bonds is 5. The number of hydrogen-bond donors (Lipinski definition) is 1. The maximum atomic E-state index is 10.8. The molecule has 0 radical (unpaired) electrons. The third kappa shape index (κ3) is 3.86. The van der Waals surface area contributed by atoms with Crippen molar-refractivity contribution in [2.75, 3.05) is 5.75 Å². The second-order valence-corrected chi connectivity index (χ2v) is 9.23. The Kier molecular flexibility index (Phi) is 5.17. The van der Waals surface area contributed by atoms with E-state index < -0.39 is 10.1 Å². The van der Waals surface area contributed by atoms with Gasteiger partial charge in [-0.2, -0.15) is 8.42 Å². The van der Waals surface area contributed by atoms with Crippen LogP contribution in [0.1, 0.15) is 38.7 Å². The number of halogens is 2. The number of benzene rings is 1. The van der Waals surface area contributed by atoms with Crippen molar-refractivity contribution in [2.24, 2.45) is 4.99 Å². The van der Waals surface area contributed by atoms with E-state index in [9.17, 15) is 8.42 Å². The monoisotopic (exact) mass is 485 g/mol. The molecular formula is C14H17BrINO3S. The molecule has 1 unspecified atom stereocenters. The van der Waals surface area contributed by atoms with Gasteiger partial charge in [0.25, 0.3) is 10.1 Å². The highest BCUT2D eigenvalue weighted by atomic mass is 127. The first-order valence-electron chi connectivity index (χ1n) is 6.64. The first kappa shape index (κ1) is 17.4. The molecule has 0 spiro atoms. The fraction of sp³-hybridized carbons (Fsp3) is 0.500. The molecule has 116 valence electrons. The van der Waals surface area contributed by atoms with Crippen LogP contribution in [0.15, 0.2) is 21.6 Å². The summed E-state index contributed by atoms with van der Waals surface area (Å²) in [5.74, 6) is -0.181. The Hall–Kier alpha value is 0.01000. The summed E-state index contributed by atoms with van der Waals surface area (Å²) in [4.78, 5) is 4.67. The van der Waals surface area contributed by atoms with Crippen LogP contribution < -0.4 is 0 Å². The number of unbranched alkanes of at least 4 members (excludes halogenated alkanes) is 1. The van der Waals surface area contributed by atoms with Crippen LogP contribution in [0.25, 0.3) is 0 Å². The molecule has 1 heterocycles. The van der Waals surface area contributed by atoms with Crippen LogP contribution in [0.3, 0.4) is 0 Å². The van der Waals surface area contributed by atoms with Crippen molar-refractivity contribution in [2.45, 2.75) is 38.5 Å². The van der Waals surface area contributed by atoms with Crippen LogP contribution in [0.5, 0.6) is 0 Å². The van der Waals surface area contributed by atoms with Crippen molar-refractivity contribution in [3.63, 3.8) is 0 Å². The lowest BCUT2D eigenvalue weighted by Gasteiger charge is -2.27. The van der Waals surface area contributed by atoms with Gasteiger partial charge in [0.15, 0.2) is 0 Å². The quantitative estimate of drug-likeness (QED) is 0.380. The van der Waals surface area contributed by atoms with Crippen LogP contribution in [0.4, 0.5) is 5.69 Å². The smallest absolute Gasteiger partial charge is 0.264 e. The fourth-order valence-electron chi connectivity index (χ4n) is 2.75. The van der Waals surface area contributed by atoms with Crippen molar-refractivity contribution in [3.8, 4) is 0 Å². The van der Waals surface area contributed by atoms with Gasteiger partial charge in [0, 0.05) is 24.7 Å². The van der Waals surface area contributed by atoms with Gasteiger partial charge < -0.3 is 0 Å². The van der Waals surface area contributed by atoms with Gasteiger partial charge in [0.2, 0.25) is 0 Å². The summed E-state index contributed by atoms with van der Waals surface area (Å²) in [6, 6.07) is 4.14. The summed E-state index contributed by atoms with van der Waals surface area (Å²) in [7, 11) is -3.87. The molecule has 4 nitrogen and oxygen atoms in total. The highest BCUT2D eigenvalue weighted by Gasteiger charge is 2.38. The van der Waals surface area contributed by atoms with E-state index in [0.717, 1.165) is 32.3 Å². The summed E-state index contributed by atoms with van der Waals surface area (Å²) < 4.78 is 32.5. The van der Waals surface area contributed by atoms with Crippen LogP contribution in [-0.2, 0) is 15.5 Å². The van der Waals surface area contributed by atoms with E-state index in [4.69, 9.17) is 4.55 Å². The van der Waals surface area contributed by atoms with Gasteiger partial charge in [-0.1, -0.05) is 29.3 Å². The Balaban J connectivity index is 2.19. The van der Waals surface area contributed by atoms with Gasteiger partial charge in [0.05, 0.1) is 11.4 Å². The van der Waals surface area contributed by atoms with Gasteiger partial charge in [-0.25, -0.2) is 0 Å². The van der Waals surface area contributed by atoms with Gasteiger partial charge in [-0.15, -0.1) is 0 Å². The minimum absolute atomic E-state index is 0.181. The zero-order valence-corrected chi connectivity index (χ0v) is 16.4. The zero-order chi connectivity index (χ0) is 15.8. The van der Waals surface area contributed by atoms with E-state index in [2.05, 4.69) is 62.6 Å². The van der Waals surface area contributed by atoms with Crippen LogP contribution in [-0.4, -0.2) is 24.4 Å². The molecule has 1 aromatic rings. The van der Waals surface area contributed by atoms with E-state index in [1.54, 1.807) is 0 Å². The van der Waals surface area contributed by atoms with E-state index in [1.165, 1.54) is 5.56 Å². The van der Waals surface area contributed by atoms with Crippen LogP contribution in [0, 0.1) is 3.57 Å². The molecule has 7 heteroatoms. The van der Waals surface area contributed by atoms with Crippen LogP contribution >= 0.6 is 38.5 Å². The summed E-state index contributed by atoms with van der Waals surface area (Å²) in [6.07, 6.45) is 1.99. The normalized spacial score (nSPS) is 21.3. The first-order valence-corrected chi connectivity index (χ1v) is 10.1. The molecule has 0 saturated heterocycles. The molecule has 1 atom stereocenters. The average Bonchev–Trinajstić information content (AvgIpc) is 2.56. The Morgan fingerprint density at radius 3 is 2.67 bits per heavy atom. The Morgan fingerprint density at radius 1 is 1.38 bits per heavy atom. The van der Waals surface area contributed by atoms with Crippen molar-refractivity contribution in [1.29, 1.82) is 0 Å². The average molecular weight is 486 g/mol. The standard InChI is InChI=1S/C14H17BrINO3S/c1-9-14(2,5-3-4-6-21(18,19)20)13-11(15)7-10(16)8-12(13)17-9/h7-8H,3-6H2,1-2H3,(H,18,19,20). The third-order valence-corrected chi connectivity index (χ3v) is 6.05. The molecule has 0 amide bonds. The maximum Gasteiger partial charge on any atom is 0.264 e. The molecule has 0 bridgehead atoms. The fourth-order valence-corrected chi connectivity index (χ4v) is 5.24. The lowest BCUT2D eigenvalue weighted by atomic mass is 9.76. The summed E-state index contributed by atoms with van der Waals surface area (Å²) in [5.41, 5.74) is 3.03. The van der Waals surface area contributed by atoms with E-state index >= 15 is 0 Å². The molecule has 0 aliphatic carbocycles. The second-order valence-electron chi connectivity index (χ2n) is 5.55. The molecule has 1 aliphatic heterocycles. The molecular weight excluding hydrogens is 469 g/mol. The molecule has 1 aromatic carbocycles. The zero-order valence-electron chi connectivity index (χ0n) is 11.9. The van der Waals surface area contributed by atoms with Crippen molar-refractivity contribution in [1.82, 2.24) is 0 Å². The SMILES string of the molecule is CC1=Nc2cc(I)cc(Br)c2C1(C)CCCCS(=O)(=O)O. The number of aliphatic imine (C=N–C) groups is 1. The Morgan fingerprint density at radius 2 is 2.05 bits per heavy atom. The predicted molar refractivity (Wildman–Crippen MR) is 97.2 cm³/mol. The van der Waals surface area contributed by atoms with Crippen LogP contribution in [0.2, 0.25) is 0 Å². The highest BCUT2D eigenvalue weighted by Crippen LogP contribution is 2.47. The molecule has 2 rings (SSSR count). The number of hydrogen-bond acceptors (Lipinski definition) is 3. The van der Waals surface area contributed by atoms with Gasteiger partial charge >= 0.3 is 0 Å². The van der Waals surface area contributed by atoms with Crippen molar-refractivity contribution < 1.29 is 13.0 Å². The van der Waals surface area contributed by atoms with E-state index in [0.29, 0.717) is 6.42 Å². The van der Waals surface area contributed by atoms with Crippen molar-refractivity contribution in [3.05, 3.63) is 25.7 Å². The minimum Gasteiger partial charge on any atom is -0.286 e. The van der Waals surface area contributed by atoms with Crippen molar-refractivity contribution >= 4 is 60.0 Å². The topological polar surface area (TPSA) is 66.7 Å². The lowest BCUT2D eigenvalue weighted by molar-refractivity contribution is 0.475. The van der Waals surface area contributed by atoms with Gasteiger partial charge in [0.1, 0.15) is 0 Å². The maximum absolute atomic E-state index is 10.8. The molecule has 0 fully saturated rings. The number of fused-ring (bicyclic) bond motifs is 1. The molecule has 1 N–H and O–H groups in total. The molecule has 21 heavy (non-hydrogen) atoms. The minimum atomic E-state index is -3.87. The second kappa shape index (κ2) is 6.25. The molecule has 1 aliphatic rings. The highest BCUT2D eigenvalue weighted by molar-refractivity contribution is 14.1. The summed E-state index contributed by atoms with van der Waals surface area (Å²) in [5, 5.41) is 0. The van der Waals surface area contributed by atoms with Gasteiger partial charge in [-0.05, 0) is 54.5 Å². The van der Waals surface area contributed by atoms with E-state index in [1.807, 2.05) is 6.92 Å². The van der Waals surface area contributed by atoms with E-state index in [-0.39, 0.29) is 11.2 Å².